The van der Waals surface area contributed by atoms with Crippen LogP contribution in [0.4, 0.5) is 18.9 Å². The number of alkyl halides is 3. The molecule has 7 heteroatoms. The van der Waals surface area contributed by atoms with Crippen LogP contribution >= 0.6 is 11.8 Å². The minimum absolute atomic E-state index is 0.0109. The van der Waals surface area contributed by atoms with Gasteiger partial charge in [-0.15, -0.1) is 11.8 Å². The quantitative estimate of drug-likeness (QED) is 0.621. The minimum atomic E-state index is -4.52. The molecule has 3 N–H and O–H groups in total. The van der Waals surface area contributed by atoms with E-state index in [-0.39, 0.29) is 17.8 Å². The highest BCUT2D eigenvalue weighted by molar-refractivity contribution is 7.99. The van der Waals surface area contributed by atoms with Crippen LogP contribution in [0.3, 0.4) is 0 Å². The van der Waals surface area contributed by atoms with Gasteiger partial charge in [0.25, 0.3) is 5.91 Å². The maximum atomic E-state index is 12.8. The number of nitrogen functional groups attached to an aromatic ring is 1. The second kappa shape index (κ2) is 7.61. The minimum Gasteiger partial charge on any atom is -0.398 e. The summed E-state index contributed by atoms with van der Waals surface area (Å²) in [5.74, 6) is 0.251. The third-order valence-electron chi connectivity index (χ3n) is 3.34. The van der Waals surface area contributed by atoms with Crippen LogP contribution in [0.5, 0.6) is 0 Å². The van der Waals surface area contributed by atoms with E-state index in [9.17, 15) is 18.0 Å². The third kappa shape index (κ3) is 4.44. The van der Waals surface area contributed by atoms with E-state index in [1.165, 1.54) is 0 Å². The topological polar surface area (TPSA) is 55.1 Å². The molecule has 2 aromatic carbocycles. The Kier molecular flexibility index (Phi) is 5.77. The van der Waals surface area contributed by atoms with Gasteiger partial charge in [-0.3, -0.25) is 4.79 Å². The van der Waals surface area contributed by atoms with Crippen molar-refractivity contribution < 1.29 is 18.0 Å². The fourth-order valence-corrected chi connectivity index (χ4v) is 2.96. The van der Waals surface area contributed by atoms with Gasteiger partial charge in [-0.2, -0.15) is 13.2 Å². The van der Waals surface area contributed by atoms with Gasteiger partial charge in [0.1, 0.15) is 0 Å². The van der Waals surface area contributed by atoms with Crippen molar-refractivity contribution in [2.24, 2.45) is 0 Å². The molecule has 1 amide bonds. The fraction of sp³-hybridized carbons (Fsp3) is 0.235. The lowest BCUT2D eigenvalue weighted by Crippen LogP contribution is -2.24. The molecule has 128 valence electrons. The SMILES string of the molecule is CCSc1ccccc1CNC(=O)c1cc(C(F)(F)F)ccc1N. The molecule has 2 rings (SSSR count). The molecular weight excluding hydrogens is 337 g/mol. The molecule has 0 aromatic heterocycles. The van der Waals surface area contributed by atoms with Crippen LogP contribution in [-0.4, -0.2) is 11.7 Å². The van der Waals surface area contributed by atoms with Crippen molar-refractivity contribution in [3.05, 3.63) is 59.2 Å². The van der Waals surface area contributed by atoms with Crippen LogP contribution in [0.15, 0.2) is 47.4 Å². The van der Waals surface area contributed by atoms with Crippen molar-refractivity contribution in [2.45, 2.75) is 24.5 Å². The second-order valence-electron chi connectivity index (χ2n) is 5.02. The maximum absolute atomic E-state index is 12.8. The van der Waals surface area contributed by atoms with Crippen molar-refractivity contribution in [1.29, 1.82) is 0 Å². The Labute approximate surface area is 142 Å². The number of amides is 1. The zero-order chi connectivity index (χ0) is 17.7. The van der Waals surface area contributed by atoms with Gasteiger partial charge in [0.2, 0.25) is 0 Å². The maximum Gasteiger partial charge on any atom is 0.416 e. The summed E-state index contributed by atoms with van der Waals surface area (Å²) in [5.41, 5.74) is 5.49. The average Bonchev–Trinajstić information content (AvgIpc) is 2.53. The Morgan fingerprint density at radius 2 is 1.92 bits per heavy atom. The van der Waals surface area contributed by atoms with Gasteiger partial charge in [-0.1, -0.05) is 25.1 Å². The lowest BCUT2D eigenvalue weighted by molar-refractivity contribution is -0.137. The molecular formula is C17H17F3N2OS. The summed E-state index contributed by atoms with van der Waals surface area (Å²) in [6, 6.07) is 10.3. The van der Waals surface area contributed by atoms with Gasteiger partial charge in [-0.05, 0) is 35.6 Å². The number of rotatable bonds is 5. The number of halogens is 3. The molecule has 24 heavy (non-hydrogen) atoms. The van der Waals surface area contributed by atoms with E-state index in [0.29, 0.717) is 0 Å². The van der Waals surface area contributed by atoms with Crippen molar-refractivity contribution in [2.75, 3.05) is 11.5 Å². The number of carbonyl (C=O) groups excluding carboxylic acids is 1. The Bertz CT molecular complexity index is 732. The summed E-state index contributed by atoms with van der Waals surface area (Å²) in [4.78, 5) is 13.2. The van der Waals surface area contributed by atoms with Gasteiger partial charge in [0, 0.05) is 17.1 Å². The van der Waals surface area contributed by atoms with E-state index >= 15 is 0 Å². The zero-order valence-electron chi connectivity index (χ0n) is 13.0. The summed E-state index contributed by atoms with van der Waals surface area (Å²) in [7, 11) is 0. The van der Waals surface area contributed by atoms with Crippen LogP contribution in [0.2, 0.25) is 0 Å². The molecule has 0 aliphatic heterocycles. The number of hydrogen-bond donors (Lipinski definition) is 2. The smallest absolute Gasteiger partial charge is 0.398 e. The van der Waals surface area contributed by atoms with Crippen LogP contribution in [0, 0.1) is 0 Å². The summed E-state index contributed by atoms with van der Waals surface area (Å²) in [6.45, 7) is 2.24. The number of carbonyl (C=O) groups is 1. The monoisotopic (exact) mass is 354 g/mol. The van der Waals surface area contributed by atoms with Crippen molar-refractivity contribution >= 4 is 23.4 Å². The van der Waals surface area contributed by atoms with Gasteiger partial charge < -0.3 is 11.1 Å². The van der Waals surface area contributed by atoms with Gasteiger partial charge >= 0.3 is 6.18 Å². The Balaban J connectivity index is 2.16. The van der Waals surface area contributed by atoms with Crippen molar-refractivity contribution in [3.63, 3.8) is 0 Å². The molecule has 3 nitrogen and oxygen atoms in total. The van der Waals surface area contributed by atoms with Gasteiger partial charge in [0.05, 0.1) is 11.1 Å². The van der Waals surface area contributed by atoms with Crippen LogP contribution < -0.4 is 11.1 Å². The van der Waals surface area contributed by atoms with Crippen molar-refractivity contribution in [3.8, 4) is 0 Å². The standard InChI is InChI=1S/C17H17F3N2OS/c1-2-24-15-6-4-3-5-11(15)10-22-16(23)13-9-12(17(18,19)20)7-8-14(13)21/h3-9H,2,10,21H2,1H3,(H,22,23). The van der Waals surface area contributed by atoms with E-state index in [1.807, 2.05) is 31.2 Å². The molecule has 0 atom stereocenters. The number of nitrogens with two attached hydrogens (primary N) is 1. The number of nitrogens with one attached hydrogen (secondary N) is 1. The first-order valence-electron chi connectivity index (χ1n) is 7.28. The molecule has 2 aromatic rings. The fourth-order valence-electron chi connectivity index (χ4n) is 2.15. The molecule has 0 fully saturated rings. The molecule has 0 saturated carbocycles. The first-order chi connectivity index (χ1) is 11.3. The molecule has 0 spiro atoms. The first-order valence-corrected chi connectivity index (χ1v) is 8.27. The summed E-state index contributed by atoms with van der Waals surface area (Å²) < 4.78 is 38.3. The lowest BCUT2D eigenvalue weighted by atomic mass is 10.1. The molecule has 0 unspecified atom stereocenters. The lowest BCUT2D eigenvalue weighted by Gasteiger charge is -2.13. The van der Waals surface area contributed by atoms with Crippen molar-refractivity contribution in [1.82, 2.24) is 5.32 Å². The van der Waals surface area contributed by atoms with E-state index in [2.05, 4.69) is 5.32 Å². The van der Waals surface area contributed by atoms with Gasteiger partial charge in [0.15, 0.2) is 0 Å². The molecule has 0 aliphatic carbocycles. The second-order valence-corrected chi connectivity index (χ2v) is 6.33. The van der Waals surface area contributed by atoms with Gasteiger partial charge in [-0.25, -0.2) is 0 Å². The third-order valence-corrected chi connectivity index (χ3v) is 4.34. The molecule has 0 radical (unpaired) electrons. The summed E-state index contributed by atoms with van der Waals surface area (Å²) in [6.07, 6.45) is -4.52. The predicted octanol–water partition coefficient (Wildman–Crippen LogP) is 4.33. The molecule has 0 heterocycles. The Hall–Kier alpha value is -2.15. The average molecular weight is 354 g/mol. The number of anilines is 1. The summed E-state index contributed by atoms with van der Waals surface area (Å²) in [5, 5.41) is 2.63. The van der Waals surface area contributed by atoms with E-state index in [1.54, 1.807) is 11.8 Å². The Morgan fingerprint density at radius 3 is 2.58 bits per heavy atom. The number of hydrogen-bond acceptors (Lipinski definition) is 3. The van der Waals surface area contributed by atoms with E-state index < -0.39 is 17.6 Å². The number of thioether (sulfide) groups is 1. The van der Waals surface area contributed by atoms with Crippen LogP contribution in [0.25, 0.3) is 0 Å². The van der Waals surface area contributed by atoms with E-state index in [4.69, 9.17) is 5.73 Å². The number of benzene rings is 2. The highest BCUT2D eigenvalue weighted by atomic mass is 32.2. The summed E-state index contributed by atoms with van der Waals surface area (Å²) >= 11 is 1.63. The predicted molar refractivity (Wildman–Crippen MR) is 89.9 cm³/mol. The zero-order valence-corrected chi connectivity index (χ0v) is 13.8. The normalized spacial score (nSPS) is 11.3. The largest absolute Gasteiger partial charge is 0.416 e. The highest BCUT2D eigenvalue weighted by Crippen LogP contribution is 2.31. The van der Waals surface area contributed by atoms with Crippen LogP contribution in [-0.2, 0) is 12.7 Å². The Morgan fingerprint density at radius 1 is 1.21 bits per heavy atom. The first kappa shape index (κ1) is 18.2. The molecule has 0 bridgehead atoms. The molecule has 0 aliphatic rings. The van der Waals surface area contributed by atoms with E-state index in [0.717, 1.165) is 34.4 Å². The highest BCUT2D eigenvalue weighted by Gasteiger charge is 2.31. The van der Waals surface area contributed by atoms with Crippen LogP contribution in [0.1, 0.15) is 28.4 Å². The molecule has 0 saturated heterocycles.